The number of hydrogen-bond acceptors (Lipinski definition) is 6. The van der Waals surface area contributed by atoms with E-state index in [1.165, 1.54) is 5.56 Å². The first-order chi connectivity index (χ1) is 14.9. The highest BCUT2D eigenvalue weighted by Gasteiger charge is 2.25. The van der Waals surface area contributed by atoms with Crippen LogP contribution in [0, 0.1) is 0 Å². The van der Waals surface area contributed by atoms with Gasteiger partial charge < -0.3 is 24.6 Å². The van der Waals surface area contributed by atoms with Crippen molar-refractivity contribution in [2.45, 2.75) is 6.54 Å². The van der Waals surface area contributed by atoms with Crippen molar-refractivity contribution in [2.24, 2.45) is 0 Å². The van der Waals surface area contributed by atoms with Gasteiger partial charge in [-0.1, -0.05) is 36.4 Å². The molecular formula is C22H26N2O7. The summed E-state index contributed by atoms with van der Waals surface area (Å²) >= 11 is 0. The number of rotatable bonds is 5. The van der Waals surface area contributed by atoms with E-state index in [9.17, 15) is 4.79 Å². The first-order valence-corrected chi connectivity index (χ1v) is 9.60. The number of methoxy groups -OCH3 is 2. The quantitative estimate of drug-likeness (QED) is 0.690. The van der Waals surface area contributed by atoms with Gasteiger partial charge in [0.05, 0.1) is 19.8 Å². The second-order valence-corrected chi connectivity index (χ2v) is 6.71. The van der Waals surface area contributed by atoms with Gasteiger partial charge in [-0.15, -0.1) is 0 Å². The van der Waals surface area contributed by atoms with Crippen molar-refractivity contribution in [1.82, 2.24) is 9.80 Å². The lowest BCUT2D eigenvalue weighted by Crippen LogP contribution is -2.48. The number of nitrogens with zero attached hydrogens (tertiary/aromatic N) is 2. The van der Waals surface area contributed by atoms with Gasteiger partial charge >= 0.3 is 11.9 Å². The zero-order chi connectivity index (χ0) is 22.8. The molecule has 0 aromatic heterocycles. The maximum Gasteiger partial charge on any atom is 0.414 e. The minimum Gasteiger partial charge on any atom is -0.493 e. The summed E-state index contributed by atoms with van der Waals surface area (Å²) in [6.07, 6.45) is 0. The Balaban J connectivity index is 0.000000501. The van der Waals surface area contributed by atoms with Crippen LogP contribution >= 0.6 is 0 Å². The first kappa shape index (κ1) is 23.7. The monoisotopic (exact) mass is 430 g/mol. The average Bonchev–Trinajstić information content (AvgIpc) is 2.79. The van der Waals surface area contributed by atoms with Gasteiger partial charge in [0.15, 0.2) is 11.5 Å². The second kappa shape index (κ2) is 11.6. The van der Waals surface area contributed by atoms with Gasteiger partial charge in [0.1, 0.15) is 0 Å². The van der Waals surface area contributed by atoms with Gasteiger partial charge in [-0.05, 0) is 17.7 Å². The van der Waals surface area contributed by atoms with Crippen LogP contribution in [0.5, 0.6) is 11.5 Å². The van der Waals surface area contributed by atoms with E-state index in [2.05, 4.69) is 29.2 Å². The average molecular weight is 430 g/mol. The Hall–Kier alpha value is -3.59. The molecule has 1 aliphatic rings. The highest BCUT2D eigenvalue weighted by molar-refractivity contribution is 6.27. The van der Waals surface area contributed by atoms with E-state index in [4.69, 9.17) is 29.3 Å². The van der Waals surface area contributed by atoms with Crippen LogP contribution in [0.4, 0.5) is 0 Å². The zero-order valence-electron chi connectivity index (χ0n) is 17.5. The van der Waals surface area contributed by atoms with Crippen molar-refractivity contribution < 1.29 is 34.1 Å². The molecule has 0 radical (unpaired) electrons. The minimum atomic E-state index is -1.82. The van der Waals surface area contributed by atoms with Crippen LogP contribution in [0.25, 0.3) is 0 Å². The predicted molar refractivity (Wildman–Crippen MR) is 112 cm³/mol. The topological polar surface area (TPSA) is 117 Å². The van der Waals surface area contributed by atoms with Crippen LogP contribution in [-0.4, -0.2) is 78.3 Å². The van der Waals surface area contributed by atoms with E-state index < -0.39 is 11.9 Å². The molecule has 1 amide bonds. The summed E-state index contributed by atoms with van der Waals surface area (Å²) in [6, 6.07) is 15.8. The molecule has 0 spiro atoms. The molecule has 31 heavy (non-hydrogen) atoms. The summed E-state index contributed by atoms with van der Waals surface area (Å²) in [7, 11) is 3.14. The van der Waals surface area contributed by atoms with Crippen molar-refractivity contribution in [2.75, 3.05) is 40.4 Å². The Bertz CT molecular complexity index is 882. The molecule has 1 fully saturated rings. The summed E-state index contributed by atoms with van der Waals surface area (Å²) in [5, 5.41) is 14.8. The summed E-state index contributed by atoms with van der Waals surface area (Å²) in [5.74, 6) is -2.57. The third-order valence-electron chi connectivity index (χ3n) is 4.72. The molecule has 166 valence electrons. The fourth-order valence-electron chi connectivity index (χ4n) is 3.18. The van der Waals surface area contributed by atoms with Gasteiger partial charge in [0.2, 0.25) is 0 Å². The number of ether oxygens (including phenoxy) is 2. The maximum absolute atomic E-state index is 12.9. The Morgan fingerprint density at radius 2 is 1.45 bits per heavy atom. The van der Waals surface area contributed by atoms with E-state index in [0.29, 0.717) is 30.2 Å². The van der Waals surface area contributed by atoms with Crippen LogP contribution < -0.4 is 9.47 Å². The maximum atomic E-state index is 12.9. The fraction of sp³-hybridized carbons (Fsp3) is 0.318. The number of hydrogen-bond donors (Lipinski definition) is 2. The molecule has 1 heterocycles. The Kier molecular flexibility index (Phi) is 8.83. The summed E-state index contributed by atoms with van der Waals surface area (Å²) in [5.41, 5.74) is 1.86. The molecular weight excluding hydrogens is 404 g/mol. The van der Waals surface area contributed by atoms with Gasteiger partial charge in [-0.2, -0.15) is 0 Å². The molecule has 9 heteroatoms. The molecule has 2 aromatic rings. The molecule has 1 aliphatic heterocycles. The number of benzene rings is 2. The molecule has 9 nitrogen and oxygen atoms in total. The minimum absolute atomic E-state index is 0.00453. The third kappa shape index (κ3) is 6.71. The first-order valence-electron chi connectivity index (χ1n) is 9.60. The van der Waals surface area contributed by atoms with E-state index in [1.54, 1.807) is 26.4 Å². The lowest BCUT2D eigenvalue weighted by Gasteiger charge is -2.35. The highest BCUT2D eigenvalue weighted by Crippen LogP contribution is 2.31. The number of carboxylic acid groups (broad SMARTS) is 2. The molecule has 0 unspecified atom stereocenters. The van der Waals surface area contributed by atoms with Crippen molar-refractivity contribution in [3.63, 3.8) is 0 Å². The zero-order valence-corrected chi connectivity index (χ0v) is 17.5. The fourth-order valence-corrected chi connectivity index (χ4v) is 3.18. The molecule has 3 rings (SSSR count). The number of carbonyl (C=O) groups excluding carboxylic acids is 1. The third-order valence-corrected chi connectivity index (χ3v) is 4.72. The molecule has 2 aromatic carbocycles. The van der Waals surface area contributed by atoms with Crippen LogP contribution in [-0.2, 0) is 16.1 Å². The van der Waals surface area contributed by atoms with Gasteiger partial charge in [0.25, 0.3) is 5.91 Å². The SMILES string of the molecule is COc1cccc(C(=O)N2CCN(Cc3ccccc3)CC2)c1OC.O=C(O)C(=O)O. The normalized spacial score (nSPS) is 13.5. The van der Waals surface area contributed by atoms with Crippen LogP contribution in [0.2, 0.25) is 0 Å². The van der Waals surface area contributed by atoms with Crippen molar-refractivity contribution in [3.05, 3.63) is 59.7 Å². The molecule has 1 saturated heterocycles. The van der Waals surface area contributed by atoms with Gasteiger partial charge in [-0.3, -0.25) is 9.69 Å². The number of para-hydroxylation sites is 1. The lowest BCUT2D eigenvalue weighted by molar-refractivity contribution is -0.159. The van der Waals surface area contributed by atoms with Crippen molar-refractivity contribution in [3.8, 4) is 11.5 Å². The van der Waals surface area contributed by atoms with Crippen molar-refractivity contribution >= 4 is 17.8 Å². The largest absolute Gasteiger partial charge is 0.493 e. The van der Waals surface area contributed by atoms with E-state index in [-0.39, 0.29) is 5.91 Å². The number of carbonyl (C=O) groups is 3. The number of amides is 1. The highest BCUT2D eigenvalue weighted by atomic mass is 16.5. The van der Waals surface area contributed by atoms with E-state index in [1.807, 2.05) is 17.0 Å². The van der Waals surface area contributed by atoms with E-state index >= 15 is 0 Å². The molecule has 0 aliphatic carbocycles. The summed E-state index contributed by atoms with van der Waals surface area (Å²) in [6.45, 7) is 4.09. The summed E-state index contributed by atoms with van der Waals surface area (Å²) in [4.78, 5) is 35.3. The lowest BCUT2D eigenvalue weighted by atomic mass is 10.1. The van der Waals surface area contributed by atoms with Gasteiger partial charge in [0, 0.05) is 32.7 Å². The standard InChI is InChI=1S/C20H24N2O3.C2H2O4/c1-24-18-10-6-9-17(19(18)25-2)20(23)22-13-11-21(12-14-22)15-16-7-4-3-5-8-16;3-1(4)2(5)6/h3-10H,11-15H2,1-2H3;(H,3,4)(H,5,6). The van der Waals surface area contributed by atoms with Gasteiger partial charge in [-0.25, -0.2) is 9.59 Å². The molecule has 0 atom stereocenters. The molecule has 0 saturated carbocycles. The van der Waals surface area contributed by atoms with Crippen molar-refractivity contribution in [1.29, 1.82) is 0 Å². The number of carboxylic acids is 2. The number of piperazine rings is 1. The summed E-state index contributed by atoms with van der Waals surface area (Å²) < 4.78 is 10.7. The second-order valence-electron chi connectivity index (χ2n) is 6.71. The Labute approximate surface area is 180 Å². The molecule has 2 N–H and O–H groups in total. The number of aliphatic carboxylic acids is 2. The van der Waals surface area contributed by atoms with E-state index in [0.717, 1.165) is 19.6 Å². The van der Waals surface area contributed by atoms with Crippen LogP contribution in [0.3, 0.4) is 0 Å². The predicted octanol–water partition coefficient (Wildman–Crippen LogP) is 1.82. The molecule has 0 bridgehead atoms. The Morgan fingerprint density at radius 1 is 0.839 bits per heavy atom. The Morgan fingerprint density at radius 3 is 1.97 bits per heavy atom. The van der Waals surface area contributed by atoms with Crippen LogP contribution in [0.15, 0.2) is 48.5 Å². The smallest absolute Gasteiger partial charge is 0.414 e. The van der Waals surface area contributed by atoms with Crippen LogP contribution in [0.1, 0.15) is 15.9 Å².